The Morgan fingerprint density at radius 2 is 2.00 bits per heavy atom. The lowest BCUT2D eigenvalue weighted by Crippen LogP contribution is -2.42. The van der Waals surface area contributed by atoms with E-state index in [0.29, 0.717) is 19.0 Å². The molecule has 2 N–H and O–H groups in total. The number of amides is 1. The van der Waals surface area contributed by atoms with E-state index in [4.69, 9.17) is 20.6 Å². The Bertz CT molecular complexity index is 881. The number of aromatic nitrogens is 3. The van der Waals surface area contributed by atoms with Crippen LogP contribution in [0.3, 0.4) is 0 Å². The molecular weight excluding hydrogens is 366 g/mol. The molecule has 7 heteroatoms. The Hall–Kier alpha value is -2.15. The number of rotatable bonds is 5. The van der Waals surface area contributed by atoms with Gasteiger partial charge in [-0.1, -0.05) is 0 Å². The number of ether oxygens (including phenoxy) is 1. The summed E-state index contributed by atoms with van der Waals surface area (Å²) in [5.74, 6) is 0.586. The number of carbonyl (C=O) groups is 1. The van der Waals surface area contributed by atoms with E-state index in [1.54, 1.807) is 0 Å². The van der Waals surface area contributed by atoms with Crippen molar-refractivity contribution in [3.05, 3.63) is 29.2 Å². The van der Waals surface area contributed by atoms with E-state index in [1.165, 1.54) is 18.5 Å². The third-order valence-electron chi connectivity index (χ3n) is 5.64. The first kappa shape index (κ1) is 20.1. The molecular formula is C22H33N5O2. The quantitative estimate of drug-likeness (QED) is 0.822. The van der Waals surface area contributed by atoms with Crippen LogP contribution in [0, 0.1) is 0 Å². The van der Waals surface area contributed by atoms with Gasteiger partial charge in [-0.05, 0) is 78.3 Å². The lowest BCUT2D eigenvalue weighted by molar-refractivity contribution is 0.00897. The lowest BCUT2D eigenvalue weighted by atomic mass is 10.00. The number of hydrogen-bond acceptors (Lipinski definition) is 5. The van der Waals surface area contributed by atoms with Crippen molar-refractivity contribution in [2.75, 3.05) is 13.1 Å². The van der Waals surface area contributed by atoms with Crippen molar-refractivity contribution in [1.82, 2.24) is 19.5 Å². The molecule has 0 radical (unpaired) electrons. The summed E-state index contributed by atoms with van der Waals surface area (Å²) in [5, 5.41) is 4.90. The third-order valence-corrected chi connectivity index (χ3v) is 5.64. The van der Waals surface area contributed by atoms with Crippen molar-refractivity contribution in [3.63, 3.8) is 0 Å². The van der Waals surface area contributed by atoms with Crippen LogP contribution in [-0.2, 0) is 11.2 Å². The molecule has 158 valence electrons. The van der Waals surface area contributed by atoms with Crippen LogP contribution in [0.25, 0.3) is 5.65 Å². The zero-order chi connectivity index (χ0) is 20.6. The van der Waals surface area contributed by atoms with Crippen molar-refractivity contribution in [2.45, 2.75) is 83.3 Å². The van der Waals surface area contributed by atoms with Crippen molar-refractivity contribution >= 4 is 11.7 Å². The number of nitrogens with zero attached hydrogens (tertiary/aromatic N) is 4. The van der Waals surface area contributed by atoms with E-state index in [9.17, 15) is 4.79 Å². The standard InChI is InChI=1S/C22H33N5O2/c1-22(2,3)29-21(28)26-12-5-4-8-19(26)18-14-20-24-17(15-9-10-15)13-16(7-6-11-23)27(20)25-18/h13-15,19H,4-12,23H2,1-3H3/t19-/m0/s1. The van der Waals surface area contributed by atoms with Gasteiger partial charge in [0, 0.05) is 29.9 Å². The first-order valence-electron chi connectivity index (χ1n) is 10.9. The molecule has 1 saturated heterocycles. The Morgan fingerprint density at radius 3 is 2.69 bits per heavy atom. The number of carbonyl (C=O) groups excluding carboxylic acids is 1. The SMILES string of the molecule is CC(C)(C)OC(=O)N1CCCC[C@H]1c1cc2nc(C3CC3)cc(CCCN)n2n1. The number of aryl methyl sites for hydroxylation is 1. The van der Waals surface area contributed by atoms with E-state index in [1.807, 2.05) is 30.2 Å². The maximum Gasteiger partial charge on any atom is 0.410 e. The third kappa shape index (κ3) is 4.55. The van der Waals surface area contributed by atoms with Gasteiger partial charge in [0.2, 0.25) is 0 Å². The molecule has 0 aromatic carbocycles. The molecule has 0 spiro atoms. The van der Waals surface area contributed by atoms with Crippen LogP contribution < -0.4 is 5.73 Å². The summed E-state index contributed by atoms with van der Waals surface area (Å²) in [6.07, 6.45) is 6.96. The van der Waals surface area contributed by atoms with Crippen molar-refractivity contribution in [2.24, 2.45) is 5.73 Å². The number of hydrogen-bond donors (Lipinski definition) is 1. The van der Waals surface area contributed by atoms with Crippen molar-refractivity contribution in [3.8, 4) is 0 Å². The highest BCUT2D eigenvalue weighted by Crippen LogP contribution is 2.40. The van der Waals surface area contributed by atoms with Crippen LogP contribution in [0.5, 0.6) is 0 Å². The van der Waals surface area contributed by atoms with E-state index in [-0.39, 0.29) is 12.1 Å². The van der Waals surface area contributed by atoms with Crippen LogP contribution in [0.2, 0.25) is 0 Å². The van der Waals surface area contributed by atoms with Gasteiger partial charge in [0.25, 0.3) is 0 Å². The molecule has 4 rings (SSSR count). The maximum absolute atomic E-state index is 12.8. The predicted molar refractivity (Wildman–Crippen MR) is 112 cm³/mol. The van der Waals surface area contributed by atoms with E-state index in [2.05, 4.69) is 12.1 Å². The molecule has 3 heterocycles. The second-order valence-corrected chi connectivity index (χ2v) is 9.36. The first-order valence-corrected chi connectivity index (χ1v) is 10.9. The molecule has 0 unspecified atom stereocenters. The highest BCUT2D eigenvalue weighted by molar-refractivity contribution is 5.69. The molecule has 2 fully saturated rings. The lowest BCUT2D eigenvalue weighted by Gasteiger charge is -2.35. The molecule has 2 aliphatic rings. The Kier molecular flexibility index (Phi) is 5.51. The first-order chi connectivity index (χ1) is 13.9. The van der Waals surface area contributed by atoms with E-state index in [0.717, 1.165) is 49.1 Å². The van der Waals surface area contributed by atoms with Gasteiger partial charge >= 0.3 is 6.09 Å². The average molecular weight is 400 g/mol. The highest BCUT2D eigenvalue weighted by atomic mass is 16.6. The Morgan fingerprint density at radius 1 is 1.21 bits per heavy atom. The second kappa shape index (κ2) is 7.94. The number of fused-ring (bicyclic) bond motifs is 1. The molecule has 1 saturated carbocycles. The fourth-order valence-corrected chi connectivity index (χ4v) is 4.07. The molecule has 1 amide bonds. The molecule has 1 atom stereocenters. The number of piperidine rings is 1. The van der Waals surface area contributed by atoms with Crippen molar-refractivity contribution < 1.29 is 9.53 Å². The normalized spacial score (nSPS) is 20.3. The largest absolute Gasteiger partial charge is 0.444 e. The van der Waals surface area contributed by atoms with Gasteiger partial charge in [-0.3, -0.25) is 4.90 Å². The summed E-state index contributed by atoms with van der Waals surface area (Å²) in [7, 11) is 0. The molecule has 2 aromatic heterocycles. The summed E-state index contributed by atoms with van der Waals surface area (Å²) in [6.45, 7) is 7.07. The fraction of sp³-hybridized carbons (Fsp3) is 0.682. The van der Waals surface area contributed by atoms with Gasteiger partial charge in [0.1, 0.15) is 5.60 Å². The molecule has 29 heavy (non-hydrogen) atoms. The van der Waals surface area contributed by atoms with Gasteiger partial charge in [-0.25, -0.2) is 14.3 Å². The summed E-state index contributed by atoms with van der Waals surface area (Å²) in [6, 6.07) is 4.20. The van der Waals surface area contributed by atoms with Gasteiger partial charge in [-0.2, -0.15) is 5.10 Å². The van der Waals surface area contributed by atoms with Crippen LogP contribution >= 0.6 is 0 Å². The Balaban J connectivity index is 1.67. The van der Waals surface area contributed by atoms with Gasteiger partial charge < -0.3 is 10.5 Å². The molecule has 2 aromatic rings. The summed E-state index contributed by atoms with van der Waals surface area (Å²) >= 11 is 0. The topological polar surface area (TPSA) is 85.8 Å². The van der Waals surface area contributed by atoms with Crippen LogP contribution in [-0.4, -0.2) is 44.3 Å². The van der Waals surface area contributed by atoms with Crippen molar-refractivity contribution in [1.29, 1.82) is 0 Å². The number of likely N-dealkylation sites (tertiary alicyclic amines) is 1. The smallest absolute Gasteiger partial charge is 0.410 e. The van der Waals surface area contributed by atoms with Crippen LogP contribution in [0.4, 0.5) is 4.79 Å². The summed E-state index contributed by atoms with van der Waals surface area (Å²) in [4.78, 5) is 19.5. The van der Waals surface area contributed by atoms with Crippen LogP contribution in [0.1, 0.15) is 88.3 Å². The van der Waals surface area contributed by atoms with Crippen LogP contribution in [0.15, 0.2) is 12.1 Å². The molecule has 1 aliphatic heterocycles. The van der Waals surface area contributed by atoms with E-state index < -0.39 is 5.60 Å². The predicted octanol–water partition coefficient (Wildman–Crippen LogP) is 3.96. The second-order valence-electron chi connectivity index (χ2n) is 9.36. The minimum Gasteiger partial charge on any atom is -0.444 e. The average Bonchev–Trinajstić information content (AvgIpc) is 3.43. The van der Waals surface area contributed by atoms with Gasteiger partial charge in [0.05, 0.1) is 11.7 Å². The monoisotopic (exact) mass is 399 g/mol. The minimum atomic E-state index is -0.506. The highest BCUT2D eigenvalue weighted by Gasteiger charge is 2.33. The van der Waals surface area contributed by atoms with Gasteiger partial charge in [-0.15, -0.1) is 0 Å². The Labute approximate surface area is 172 Å². The van der Waals surface area contributed by atoms with Gasteiger partial charge in [0.15, 0.2) is 5.65 Å². The maximum atomic E-state index is 12.8. The summed E-state index contributed by atoms with van der Waals surface area (Å²) < 4.78 is 7.62. The molecule has 0 bridgehead atoms. The zero-order valence-corrected chi connectivity index (χ0v) is 17.9. The summed E-state index contributed by atoms with van der Waals surface area (Å²) in [5.41, 5.74) is 9.36. The fourth-order valence-electron chi connectivity index (χ4n) is 4.07. The van der Waals surface area contributed by atoms with E-state index >= 15 is 0 Å². The molecule has 7 nitrogen and oxygen atoms in total. The zero-order valence-electron chi connectivity index (χ0n) is 17.9. The minimum absolute atomic E-state index is 0.0629. The number of nitrogens with two attached hydrogens (primary N) is 1. The molecule has 1 aliphatic carbocycles.